The second-order valence-corrected chi connectivity index (χ2v) is 12.6. The molecule has 2 aromatic heterocycles. The summed E-state index contributed by atoms with van der Waals surface area (Å²) >= 11 is 0. The molecule has 0 radical (unpaired) electrons. The molecule has 1 aliphatic rings. The van der Waals surface area contributed by atoms with Gasteiger partial charge in [-0.2, -0.15) is 15.8 Å². The molecule has 0 amide bonds. The van der Waals surface area contributed by atoms with Crippen molar-refractivity contribution in [2.24, 2.45) is 0 Å². The minimum atomic E-state index is 0.0700. The molecule has 0 fully saturated rings. The van der Waals surface area contributed by atoms with E-state index in [1.54, 1.807) is 0 Å². The number of benzene rings is 6. The van der Waals surface area contributed by atoms with Crippen LogP contribution in [0.2, 0.25) is 0 Å². The van der Waals surface area contributed by atoms with Gasteiger partial charge in [-0.05, 0) is 72.2 Å². The van der Waals surface area contributed by atoms with Crippen LogP contribution >= 0.6 is 0 Å². The van der Waals surface area contributed by atoms with Gasteiger partial charge in [0, 0.05) is 38.7 Å². The molecule has 5 heteroatoms. The summed E-state index contributed by atoms with van der Waals surface area (Å²) in [7, 11) is 0. The van der Waals surface area contributed by atoms with E-state index < -0.39 is 0 Å². The fraction of sp³-hybridized carbons (Fsp3) is 0.0444. The van der Waals surface area contributed by atoms with E-state index in [1.165, 1.54) is 0 Å². The van der Waals surface area contributed by atoms with Gasteiger partial charge in [-0.1, -0.05) is 91.0 Å². The molecule has 9 rings (SSSR count). The first-order chi connectivity index (χ1) is 24.7. The van der Waals surface area contributed by atoms with Crippen LogP contribution < -0.4 is 0 Å². The van der Waals surface area contributed by atoms with Gasteiger partial charge in [0.25, 0.3) is 0 Å². The van der Waals surface area contributed by atoms with Crippen molar-refractivity contribution in [3.8, 4) is 35.0 Å². The van der Waals surface area contributed by atoms with Crippen molar-refractivity contribution in [2.45, 2.75) is 12.3 Å². The number of hydrogen-bond donors (Lipinski definition) is 0. The molecule has 0 N–H and O–H groups in total. The zero-order chi connectivity index (χ0) is 33.8. The van der Waals surface area contributed by atoms with Crippen molar-refractivity contribution < 1.29 is 0 Å². The van der Waals surface area contributed by atoms with E-state index in [1.807, 2.05) is 66.7 Å². The van der Waals surface area contributed by atoms with Crippen molar-refractivity contribution >= 4 is 49.3 Å². The second-order valence-electron chi connectivity index (χ2n) is 12.6. The summed E-state index contributed by atoms with van der Waals surface area (Å²) in [4.78, 5) is 0. The Morgan fingerprint density at radius 2 is 1.22 bits per heavy atom. The van der Waals surface area contributed by atoms with Crippen LogP contribution in [-0.2, 0) is 0 Å². The van der Waals surface area contributed by atoms with Gasteiger partial charge >= 0.3 is 0 Å². The Hall–Kier alpha value is -7.13. The van der Waals surface area contributed by atoms with Gasteiger partial charge in [0.1, 0.15) is 6.07 Å². The molecule has 1 atom stereocenters. The lowest BCUT2D eigenvalue weighted by Gasteiger charge is -2.23. The summed E-state index contributed by atoms with van der Waals surface area (Å²) in [5.74, 6) is 0.0700. The molecule has 0 spiro atoms. The van der Waals surface area contributed by atoms with Crippen LogP contribution in [0.4, 0.5) is 0 Å². The first-order valence-corrected chi connectivity index (χ1v) is 16.6. The van der Waals surface area contributed by atoms with Crippen LogP contribution in [0.1, 0.15) is 34.6 Å². The summed E-state index contributed by atoms with van der Waals surface area (Å²) in [5, 5.41) is 34.6. The highest BCUT2D eigenvalue weighted by molar-refractivity contribution is 6.12. The average Bonchev–Trinajstić information content (AvgIpc) is 3.70. The molecular formula is C45H27N5. The number of aromatic nitrogens is 2. The number of hydrogen-bond acceptors (Lipinski definition) is 3. The molecule has 1 aliphatic carbocycles. The monoisotopic (exact) mass is 637 g/mol. The maximum atomic E-state index is 10.5. The van der Waals surface area contributed by atoms with Gasteiger partial charge in [0.15, 0.2) is 0 Å². The summed E-state index contributed by atoms with van der Waals surface area (Å²) in [6, 6.07) is 49.7. The van der Waals surface area contributed by atoms with E-state index in [0.29, 0.717) is 16.7 Å². The first-order valence-electron chi connectivity index (χ1n) is 16.6. The van der Waals surface area contributed by atoms with Crippen LogP contribution in [-0.4, -0.2) is 9.13 Å². The van der Waals surface area contributed by atoms with E-state index in [9.17, 15) is 15.8 Å². The number of para-hydroxylation sites is 3. The molecule has 5 nitrogen and oxygen atoms in total. The van der Waals surface area contributed by atoms with Gasteiger partial charge in [-0.3, -0.25) is 0 Å². The molecule has 0 saturated heterocycles. The van der Waals surface area contributed by atoms with Crippen LogP contribution in [0.3, 0.4) is 0 Å². The first kappa shape index (κ1) is 29.0. The maximum absolute atomic E-state index is 10.5. The number of nitrogens with zero attached hydrogens (tertiary/aromatic N) is 5. The van der Waals surface area contributed by atoms with Gasteiger partial charge in [-0.15, -0.1) is 0 Å². The van der Waals surface area contributed by atoms with Crippen molar-refractivity contribution in [3.05, 3.63) is 168 Å². The SMILES string of the molecule is N#Cc1ccc2c(c1)c1ccccc1n2C1=CCC(c2ccccc2-c2c(C#N)cccc2-n2c3ccccc3c3cccc(C#N)c32)C=C1. The highest BCUT2D eigenvalue weighted by Crippen LogP contribution is 2.43. The summed E-state index contributed by atoms with van der Waals surface area (Å²) in [6.07, 6.45) is 7.51. The minimum absolute atomic E-state index is 0.0700. The molecule has 50 heavy (non-hydrogen) atoms. The third-order valence-corrected chi connectivity index (χ3v) is 9.99. The summed E-state index contributed by atoms with van der Waals surface area (Å²) in [5.41, 5.74) is 10.7. The standard InChI is InChI=1S/C45H27N5/c46-26-29-19-24-42-39(25-29)36-13-4-5-16-40(36)49(42)33-22-20-30(21-23-33)34-11-1-2-14-37(34)44-31(27-47)9-8-18-43(44)50-41-17-6-3-12-35(41)38-15-7-10-32(28-48)45(38)50/h1-20,22-25,30H,21H2. The van der Waals surface area contributed by atoms with Gasteiger partial charge in [0.05, 0.1) is 56.6 Å². The van der Waals surface area contributed by atoms with Crippen molar-refractivity contribution in [2.75, 3.05) is 0 Å². The fourth-order valence-corrected chi connectivity index (χ4v) is 7.84. The lowest BCUT2D eigenvalue weighted by Crippen LogP contribution is -2.06. The molecule has 0 saturated carbocycles. The lowest BCUT2D eigenvalue weighted by molar-refractivity contribution is 0.852. The molecule has 0 bridgehead atoms. The Bertz CT molecular complexity index is 2890. The Labute approximate surface area is 288 Å². The Balaban J connectivity index is 1.20. The molecular weight excluding hydrogens is 611 g/mol. The zero-order valence-corrected chi connectivity index (χ0v) is 26.9. The van der Waals surface area contributed by atoms with E-state index in [0.717, 1.165) is 78.1 Å². The van der Waals surface area contributed by atoms with Gasteiger partial charge < -0.3 is 9.13 Å². The largest absolute Gasteiger partial charge is 0.310 e. The topological polar surface area (TPSA) is 81.2 Å². The van der Waals surface area contributed by atoms with Gasteiger partial charge in [0.2, 0.25) is 0 Å². The molecule has 8 aromatic rings. The van der Waals surface area contributed by atoms with Crippen LogP contribution in [0.5, 0.6) is 0 Å². The Kier molecular flexibility index (Phi) is 6.70. The fourth-order valence-electron chi connectivity index (χ4n) is 7.84. The number of rotatable bonds is 4. The highest BCUT2D eigenvalue weighted by atomic mass is 15.0. The van der Waals surface area contributed by atoms with E-state index in [-0.39, 0.29) is 5.92 Å². The van der Waals surface area contributed by atoms with Crippen LogP contribution in [0.25, 0.3) is 66.1 Å². The lowest BCUT2D eigenvalue weighted by atomic mass is 9.84. The summed E-state index contributed by atoms with van der Waals surface area (Å²) < 4.78 is 4.44. The van der Waals surface area contributed by atoms with E-state index in [4.69, 9.17) is 0 Å². The minimum Gasteiger partial charge on any atom is -0.310 e. The predicted octanol–water partition coefficient (Wildman–Crippen LogP) is 10.8. The van der Waals surface area contributed by atoms with Crippen molar-refractivity contribution in [3.63, 3.8) is 0 Å². The Morgan fingerprint density at radius 1 is 0.560 bits per heavy atom. The van der Waals surface area contributed by atoms with E-state index >= 15 is 0 Å². The Morgan fingerprint density at radius 3 is 1.98 bits per heavy atom. The third kappa shape index (κ3) is 4.30. The predicted molar refractivity (Wildman–Crippen MR) is 201 cm³/mol. The molecule has 232 valence electrons. The van der Waals surface area contributed by atoms with Crippen LogP contribution in [0.15, 0.2) is 146 Å². The normalized spacial score (nSPS) is 14.1. The quantitative estimate of drug-likeness (QED) is 0.193. The number of allylic oxidation sites excluding steroid dienone is 4. The number of nitriles is 3. The molecule has 6 aromatic carbocycles. The van der Waals surface area contributed by atoms with E-state index in [2.05, 4.69) is 106 Å². The third-order valence-electron chi connectivity index (χ3n) is 9.99. The maximum Gasteiger partial charge on any atom is 0.101 e. The van der Waals surface area contributed by atoms with Crippen LogP contribution in [0, 0.1) is 34.0 Å². The highest BCUT2D eigenvalue weighted by Gasteiger charge is 2.24. The number of fused-ring (bicyclic) bond motifs is 6. The second kappa shape index (κ2) is 11.5. The molecule has 0 aliphatic heterocycles. The van der Waals surface area contributed by atoms with Gasteiger partial charge in [-0.25, -0.2) is 0 Å². The summed E-state index contributed by atoms with van der Waals surface area (Å²) in [6.45, 7) is 0. The molecule has 1 unspecified atom stereocenters. The zero-order valence-electron chi connectivity index (χ0n) is 26.9. The average molecular weight is 638 g/mol. The smallest absolute Gasteiger partial charge is 0.101 e. The van der Waals surface area contributed by atoms with Crippen molar-refractivity contribution in [1.29, 1.82) is 15.8 Å². The molecule has 2 heterocycles. The van der Waals surface area contributed by atoms with Crippen molar-refractivity contribution in [1.82, 2.24) is 9.13 Å².